The molecule has 0 spiro atoms. The van der Waals surface area contributed by atoms with Crippen LogP contribution in [0.1, 0.15) is 19.0 Å². The number of carbonyl (C=O) groups is 1. The predicted molar refractivity (Wildman–Crippen MR) is 43.1 cm³/mol. The fraction of sp³-hybridized carbons (Fsp3) is 0.571. The van der Waals surface area contributed by atoms with Crippen LogP contribution in [0.3, 0.4) is 0 Å². The number of amides is 1. The fourth-order valence-electron chi connectivity index (χ4n) is 0.783. The third kappa shape index (κ3) is 2.34. The second kappa shape index (κ2) is 3.85. The number of hydrogen-bond donors (Lipinski definition) is 1. The highest BCUT2D eigenvalue weighted by molar-refractivity contribution is 5.75. The molecule has 0 aromatic carbocycles. The van der Waals surface area contributed by atoms with Crippen LogP contribution in [0, 0.1) is 0 Å². The largest absolute Gasteiger partial charge is 0.350 e. The average molecular weight is 168 g/mol. The summed E-state index contributed by atoms with van der Waals surface area (Å²) >= 11 is 0. The molecule has 12 heavy (non-hydrogen) atoms. The van der Waals surface area contributed by atoms with Crippen molar-refractivity contribution in [3.05, 3.63) is 11.9 Å². The van der Waals surface area contributed by atoms with Gasteiger partial charge in [-0.1, -0.05) is 6.92 Å². The summed E-state index contributed by atoms with van der Waals surface area (Å²) in [5.41, 5.74) is 0.777. The maximum atomic E-state index is 10.8. The Kier molecular flexibility index (Phi) is 2.79. The Hall–Kier alpha value is -1.39. The van der Waals surface area contributed by atoms with Crippen molar-refractivity contribution in [3.8, 4) is 0 Å². The van der Waals surface area contributed by atoms with Gasteiger partial charge in [0, 0.05) is 13.5 Å². The Morgan fingerprint density at radius 1 is 1.75 bits per heavy atom. The molecule has 0 aliphatic carbocycles. The van der Waals surface area contributed by atoms with E-state index in [4.69, 9.17) is 0 Å². The van der Waals surface area contributed by atoms with Crippen molar-refractivity contribution in [3.63, 3.8) is 0 Å². The zero-order valence-corrected chi connectivity index (χ0v) is 7.24. The SMILES string of the molecule is CCC(=O)NCc1cnn(C)n1. The van der Waals surface area contributed by atoms with Crippen LogP contribution in [0.25, 0.3) is 0 Å². The Balaban J connectivity index is 2.38. The molecule has 66 valence electrons. The molecule has 0 aliphatic rings. The molecular formula is C7H12N4O. The van der Waals surface area contributed by atoms with Crippen LogP contribution in [0.15, 0.2) is 6.20 Å². The number of carbonyl (C=O) groups excluding carboxylic acids is 1. The summed E-state index contributed by atoms with van der Waals surface area (Å²) in [6.45, 7) is 2.27. The van der Waals surface area contributed by atoms with Gasteiger partial charge in [0.15, 0.2) is 0 Å². The quantitative estimate of drug-likeness (QED) is 0.682. The predicted octanol–water partition coefficient (Wildman–Crippen LogP) is -0.159. The summed E-state index contributed by atoms with van der Waals surface area (Å²) in [7, 11) is 1.74. The molecule has 1 amide bonds. The van der Waals surface area contributed by atoms with Crippen LogP contribution in [-0.4, -0.2) is 20.9 Å². The monoisotopic (exact) mass is 168 g/mol. The number of aromatic nitrogens is 3. The molecule has 0 radical (unpaired) electrons. The van der Waals surface area contributed by atoms with Gasteiger partial charge in [0.1, 0.15) is 5.69 Å². The third-order valence-corrected chi connectivity index (χ3v) is 1.43. The zero-order chi connectivity index (χ0) is 8.97. The Morgan fingerprint density at radius 2 is 2.50 bits per heavy atom. The van der Waals surface area contributed by atoms with E-state index < -0.39 is 0 Å². The van der Waals surface area contributed by atoms with E-state index in [9.17, 15) is 4.79 Å². The van der Waals surface area contributed by atoms with Gasteiger partial charge in [-0.05, 0) is 0 Å². The molecule has 0 saturated carbocycles. The summed E-state index contributed by atoms with van der Waals surface area (Å²) in [5.74, 6) is 0.0284. The van der Waals surface area contributed by atoms with E-state index in [0.29, 0.717) is 13.0 Å². The van der Waals surface area contributed by atoms with E-state index in [1.54, 1.807) is 13.2 Å². The van der Waals surface area contributed by atoms with Gasteiger partial charge < -0.3 is 5.32 Å². The smallest absolute Gasteiger partial charge is 0.220 e. The molecule has 0 unspecified atom stereocenters. The van der Waals surface area contributed by atoms with Gasteiger partial charge in [-0.15, -0.1) is 0 Å². The Morgan fingerprint density at radius 3 is 3.00 bits per heavy atom. The van der Waals surface area contributed by atoms with Crippen LogP contribution in [0.2, 0.25) is 0 Å². The molecule has 0 bridgehead atoms. The van der Waals surface area contributed by atoms with Gasteiger partial charge in [-0.3, -0.25) is 4.79 Å². The second-order valence-electron chi connectivity index (χ2n) is 2.46. The minimum absolute atomic E-state index is 0.0284. The number of hydrogen-bond acceptors (Lipinski definition) is 3. The molecule has 0 aliphatic heterocycles. The highest BCUT2D eigenvalue weighted by Crippen LogP contribution is 1.89. The molecule has 1 N–H and O–H groups in total. The first-order valence-electron chi connectivity index (χ1n) is 3.84. The van der Waals surface area contributed by atoms with Crippen LogP contribution < -0.4 is 5.32 Å². The van der Waals surface area contributed by atoms with E-state index in [0.717, 1.165) is 5.69 Å². The molecule has 0 atom stereocenters. The van der Waals surface area contributed by atoms with Crippen molar-refractivity contribution >= 4 is 5.91 Å². The third-order valence-electron chi connectivity index (χ3n) is 1.43. The number of nitrogens with one attached hydrogen (secondary N) is 1. The number of rotatable bonds is 3. The molecule has 5 nitrogen and oxygen atoms in total. The molecule has 1 heterocycles. The first-order chi connectivity index (χ1) is 5.72. The van der Waals surface area contributed by atoms with Crippen molar-refractivity contribution in [2.24, 2.45) is 7.05 Å². The molecular weight excluding hydrogens is 156 g/mol. The Bertz CT molecular complexity index is 268. The van der Waals surface area contributed by atoms with Gasteiger partial charge in [-0.2, -0.15) is 15.0 Å². The van der Waals surface area contributed by atoms with Crippen molar-refractivity contribution in [1.29, 1.82) is 0 Å². The van der Waals surface area contributed by atoms with E-state index in [2.05, 4.69) is 15.5 Å². The molecule has 0 saturated heterocycles. The maximum absolute atomic E-state index is 10.8. The lowest BCUT2D eigenvalue weighted by atomic mass is 10.4. The minimum Gasteiger partial charge on any atom is -0.350 e. The molecule has 5 heteroatoms. The lowest BCUT2D eigenvalue weighted by Crippen LogP contribution is -2.21. The van der Waals surface area contributed by atoms with Crippen molar-refractivity contribution < 1.29 is 4.79 Å². The van der Waals surface area contributed by atoms with Crippen LogP contribution in [0.4, 0.5) is 0 Å². The second-order valence-corrected chi connectivity index (χ2v) is 2.46. The highest BCUT2D eigenvalue weighted by Gasteiger charge is 1.99. The van der Waals surface area contributed by atoms with Crippen molar-refractivity contribution in [2.75, 3.05) is 0 Å². The van der Waals surface area contributed by atoms with Crippen LogP contribution >= 0.6 is 0 Å². The van der Waals surface area contributed by atoms with E-state index in [1.165, 1.54) is 4.80 Å². The van der Waals surface area contributed by atoms with Crippen molar-refractivity contribution in [1.82, 2.24) is 20.3 Å². The summed E-state index contributed by atoms with van der Waals surface area (Å²) in [5, 5.41) is 10.6. The molecule has 1 aromatic rings. The summed E-state index contributed by atoms with van der Waals surface area (Å²) in [6, 6.07) is 0. The van der Waals surface area contributed by atoms with Crippen LogP contribution in [-0.2, 0) is 18.4 Å². The highest BCUT2D eigenvalue weighted by atomic mass is 16.1. The Labute approximate surface area is 70.8 Å². The lowest BCUT2D eigenvalue weighted by molar-refractivity contribution is -0.120. The summed E-state index contributed by atoms with van der Waals surface area (Å²) in [4.78, 5) is 12.3. The first-order valence-corrected chi connectivity index (χ1v) is 3.84. The van der Waals surface area contributed by atoms with Crippen molar-refractivity contribution in [2.45, 2.75) is 19.9 Å². The normalized spacial score (nSPS) is 9.83. The standard InChI is InChI=1S/C7H12N4O/c1-3-7(12)8-4-6-5-9-11(2)10-6/h5H,3-4H2,1-2H3,(H,8,12). The lowest BCUT2D eigenvalue weighted by Gasteiger charge is -1.98. The average Bonchev–Trinajstić information content (AvgIpc) is 2.47. The van der Waals surface area contributed by atoms with Gasteiger partial charge in [0.25, 0.3) is 0 Å². The van der Waals surface area contributed by atoms with E-state index in [-0.39, 0.29) is 5.91 Å². The van der Waals surface area contributed by atoms with E-state index in [1.807, 2.05) is 6.92 Å². The minimum atomic E-state index is 0.0284. The van der Waals surface area contributed by atoms with Gasteiger partial charge in [0.05, 0.1) is 12.7 Å². The van der Waals surface area contributed by atoms with Gasteiger partial charge in [0.2, 0.25) is 5.91 Å². The van der Waals surface area contributed by atoms with Gasteiger partial charge >= 0.3 is 0 Å². The molecule has 0 fully saturated rings. The van der Waals surface area contributed by atoms with Crippen LogP contribution in [0.5, 0.6) is 0 Å². The fourth-order valence-corrected chi connectivity index (χ4v) is 0.783. The van der Waals surface area contributed by atoms with Gasteiger partial charge in [-0.25, -0.2) is 0 Å². The first kappa shape index (κ1) is 8.70. The topological polar surface area (TPSA) is 59.8 Å². The summed E-state index contributed by atoms with van der Waals surface area (Å²) in [6.07, 6.45) is 2.14. The number of nitrogens with zero attached hydrogens (tertiary/aromatic N) is 3. The maximum Gasteiger partial charge on any atom is 0.220 e. The molecule has 1 aromatic heterocycles. The van der Waals surface area contributed by atoms with E-state index >= 15 is 0 Å². The number of aryl methyl sites for hydroxylation is 1. The zero-order valence-electron chi connectivity index (χ0n) is 7.24. The molecule has 1 rings (SSSR count). The summed E-state index contributed by atoms with van der Waals surface area (Å²) < 4.78 is 0.